The van der Waals surface area contributed by atoms with Crippen LogP contribution in [-0.2, 0) is 27.6 Å². The number of rotatable bonds is 5. The minimum atomic E-state index is -3.56. The maximum Gasteiger partial charge on any atom is 0.240 e. The Morgan fingerprint density at radius 3 is 2.25 bits per heavy atom. The van der Waals surface area contributed by atoms with Gasteiger partial charge in [0.15, 0.2) is 0 Å². The molecule has 0 heterocycles. The molecular weight excluding hydrogens is 322 g/mol. The van der Waals surface area contributed by atoms with Gasteiger partial charge in [-0.05, 0) is 36.6 Å². The van der Waals surface area contributed by atoms with E-state index in [9.17, 15) is 8.42 Å². The second kappa shape index (κ2) is 6.31. The van der Waals surface area contributed by atoms with Gasteiger partial charge in [-0.25, -0.2) is 13.1 Å². The van der Waals surface area contributed by atoms with Crippen molar-refractivity contribution in [1.82, 2.24) is 4.72 Å². The summed E-state index contributed by atoms with van der Waals surface area (Å²) in [7, 11) is -1.91. The Morgan fingerprint density at radius 1 is 1.08 bits per heavy atom. The van der Waals surface area contributed by atoms with Crippen LogP contribution in [0.2, 0.25) is 0 Å². The molecule has 0 atom stereocenters. The molecule has 0 spiro atoms. The topological polar surface area (TPSA) is 55.4 Å². The van der Waals surface area contributed by atoms with E-state index < -0.39 is 15.6 Å². The van der Waals surface area contributed by atoms with Crippen LogP contribution in [0.4, 0.5) is 0 Å². The number of fused-ring (bicyclic) bond motifs is 1. The highest BCUT2D eigenvalue weighted by atomic mass is 32.2. The Balaban J connectivity index is 1.79. The van der Waals surface area contributed by atoms with Gasteiger partial charge in [0.1, 0.15) is 0 Å². The van der Waals surface area contributed by atoms with Crippen LogP contribution in [0.1, 0.15) is 22.3 Å². The van der Waals surface area contributed by atoms with Crippen molar-refractivity contribution in [3.63, 3.8) is 0 Å². The van der Waals surface area contributed by atoms with Gasteiger partial charge in [-0.2, -0.15) is 0 Å². The standard InChI is InChI=1S/C19H23NO3S/c1-14-8-9-18(15(2)10-14)24(21,22)20-13-19(23-3)11-16-6-4-5-7-17(16)12-19/h4-10,20H,11-13H2,1-3H3. The lowest BCUT2D eigenvalue weighted by atomic mass is 10.0. The molecule has 2 aromatic carbocycles. The Morgan fingerprint density at radius 2 is 1.71 bits per heavy atom. The first kappa shape index (κ1) is 17.1. The first-order valence-electron chi connectivity index (χ1n) is 8.04. The highest BCUT2D eigenvalue weighted by Crippen LogP contribution is 2.32. The molecule has 0 fully saturated rings. The maximum atomic E-state index is 12.7. The van der Waals surface area contributed by atoms with Crippen molar-refractivity contribution in [1.29, 1.82) is 0 Å². The van der Waals surface area contributed by atoms with Gasteiger partial charge in [-0.3, -0.25) is 0 Å². The normalized spacial score (nSPS) is 16.1. The van der Waals surface area contributed by atoms with Crippen LogP contribution in [0, 0.1) is 13.8 Å². The molecule has 0 unspecified atom stereocenters. The summed E-state index contributed by atoms with van der Waals surface area (Å²) in [5.74, 6) is 0. The molecule has 0 bridgehead atoms. The van der Waals surface area contributed by atoms with Gasteiger partial charge < -0.3 is 4.74 Å². The van der Waals surface area contributed by atoms with Crippen LogP contribution in [0.25, 0.3) is 0 Å². The Hall–Kier alpha value is -1.69. The summed E-state index contributed by atoms with van der Waals surface area (Å²) in [6.45, 7) is 4.03. The molecule has 1 aliphatic rings. The summed E-state index contributed by atoms with van der Waals surface area (Å²) in [6, 6.07) is 13.5. The van der Waals surface area contributed by atoms with Crippen LogP contribution in [0.3, 0.4) is 0 Å². The quantitative estimate of drug-likeness (QED) is 0.906. The highest BCUT2D eigenvalue weighted by molar-refractivity contribution is 7.89. The minimum Gasteiger partial charge on any atom is -0.376 e. The van der Waals surface area contributed by atoms with Crippen molar-refractivity contribution in [2.45, 2.75) is 37.2 Å². The molecule has 3 rings (SSSR count). The number of sulfonamides is 1. The molecule has 1 N–H and O–H groups in total. The lowest BCUT2D eigenvalue weighted by Crippen LogP contribution is -2.45. The van der Waals surface area contributed by atoms with Crippen molar-refractivity contribution in [3.8, 4) is 0 Å². The zero-order valence-electron chi connectivity index (χ0n) is 14.3. The smallest absolute Gasteiger partial charge is 0.240 e. The van der Waals surface area contributed by atoms with Gasteiger partial charge in [-0.1, -0.05) is 42.0 Å². The first-order chi connectivity index (χ1) is 11.4. The zero-order chi connectivity index (χ0) is 17.4. The monoisotopic (exact) mass is 345 g/mol. The number of methoxy groups -OCH3 is 1. The SMILES string of the molecule is COC1(CNS(=O)(=O)c2ccc(C)cc2C)Cc2ccccc2C1. The summed E-state index contributed by atoms with van der Waals surface area (Å²) in [5, 5.41) is 0. The lowest BCUT2D eigenvalue weighted by Gasteiger charge is -2.27. The van der Waals surface area contributed by atoms with Crippen molar-refractivity contribution in [2.24, 2.45) is 0 Å². The van der Waals surface area contributed by atoms with E-state index in [4.69, 9.17) is 4.74 Å². The van der Waals surface area contributed by atoms with Crippen LogP contribution in [0.15, 0.2) is 47.4 Å². The van der Waals surface area contributed by atoms with E-state index in [2.05, 4.69) is 16.9 Å². The average Bonchev–Trinajstić information content (AvgIpc) is 2.92. The van der Waals surface area contributed by atoms with Crippen LogP contribution in [0.5, 0.6) is 0 Å². The molecule has 4 nitrogen and oxygen atoms in total. The van der Waals surface area contributed by atoms with Gasteiger partial charge in [0.25, 0.3) is 0 Å². The summed E-state index contributed by atoms with van der Waals surface area (Å²) in [6.07, 6.45) is 1.43. The largest absolute Gasteiger partial charge is 0.376 e. The fourth-order valence-corrected chi connectivity index (χ4v) is 4.74. The average molecular weight is 345 g/mol. The van der Waals surface area contributed by atoms with E-state index in [0.29, 0.717) is 4.90 Å². The number of aryl methyl sites for hydroxylation is 2. The van der Waals surface area contributed by atoms with E-state index in [1.165, 1.54) is 11.1 Å². The molecule has 2 aromatic rings. The number of hydrogen-bond donors (Lipinski definition) is 1. The van der Waals surface area contributed by atoms with E-state index in [0.717, 1.165) is 24.0 Å². The highest BCUT2D eigenvalue weighted by Gasteiger charge is 2.38. The van der Waals surface area contributed by atoms with Crippen LogP contribution in [-0.4, -0.2) is 27.7 Å². The Kier molecular flexibility index (Phi) is 4.51. The molecular formula is C19H23NO3S. The van der Waals surface area contributed by atoms with Gasteiger partial charge >= 0.3 is 0 Å². The Bertz CT molecular complexity index is 834. The molecule has 0 aliphatic heterocycles. The van der Waals surface area contributed by atoms with Crippen molar-refractivity contribution in [3.05, 3.63) is 64.7 Å². The van der Waals surface area contributed by atoms with Gasteiger partial charge in [0.2, 0.25) is 10.0 Å². The minimum absolute atomic E-state index is 0.258. The molecule has 0 amide bonds. The molecule has 0 saturated carbocycles. The van der Waals surface area contributed by atoms with Crippen molar-refractivity contribution >= 4 is 10.0 Å². The van der Waals surface area contributed by atoms with Gasteiger partial charge in [-0.15, -0.1) is 0 Å². The molecule has 0 radical (unpaired) electrons. The predicted molar refractivity (Wildman–Crippen MR) is 94.7 cm³/mol. The lowest BCUT2D eigenvalue weighted by molar-refractivity contribution is 0.00378. The molecule has 5 heteroatoms. The number of benzene rings is 2. The van der Waals surface area contributed by atoms with Crippen LogP contribution < -0.4 is 4.72 Å². The fourth-order valence-electron chi connectivity index (χ4n) is 3.41. The van der Waals surface area contributed by atoms with Gasteiger partial charge in [0, 0.05) is 26.5 Å². The maximum absolute atomic E-state index is 12.7. The number of hydrogen-bond acceptors (Lipinski definition) is 3. The molecule has 128 valence electrons. The summed E-state index contributed by atoms with van der Waals surface area (Å²) in [4.78, 5) is 0.329. The zero-order valence-corrected chi connectivity index (χ0v) is 15.1. The van der Waals surface area contributed by atoms with E-state index in [1.54, 1.807) is 13.2 Å². The molecule has 1 aliphatic carbocycles. The fraction of sp³-hybridized carbons (Fsp3) is 0.368. The third kappa shape index (κ3) is 3.24. The predicted octanol–water partition coefficient (Wildman–Crippen LogP) is 2.77. The second-order valence-corrected chi connectivity index (χ2v) is 8.34. The summed E-state index contributed by atoms with van der Waals surface area (Å²) in [5.41, 5.74) is 3.74. The van der Waals surface area contributed by atoms with Crippen molar-refractivity contribution in [2.75, 3.05) is 13.7 Å². The molecule has 0 aromatic heterocycles. The van der Waals surface area contributed by atoms with Gasteiger partial charge in [0.05, 0.1) is 10.5 Å². The number of nitrogens with one attached hydrogen (secondary N) is 1. The van der Waals surface area contributed by atoms with Crippen LogP contribution >= 0.6 is 0 Å². The summed E-state index contributed by atoms with van der Waals surface area (Å²) >= 11 is 0. The van der Waals surface area contributed by atoms with E-state index in [-0.39, 0.29) is 6.54 Å². The van der Waals surface area contributed by atoms with E-state index >= 15 is 0 Å². The Labute approximate surface area is 143 Å². The molecule has 0 saturated heterocycles. The first-order valence-corrected chi connectivity index (χ1v) is 9.52. The molecule has 24 heavy (non-hydrogen) atoms. The third-order valence-electron chi connectivity index (χ3n) is 4.78. The number of ether oxygens (including phenoxy) is 1. The second-order valence-electron chi connectivity index (χ2n) is 6.60. The third-order valence-corrected chi connectivity index (χ3v) is 6.34. The van der Waals surface area contributed by atoms with Crippen molar-refractivity contribution < 1.29 is 13.2 Å². The summed E-state index contributed by atoms with van der Waals surface area (Å²) < 4.78 is 33.9. The van der Waals surface area contributed by atoms with E-state index in [1.807, 2.05) is 38.1 Å².